The van der Waals surface area contributed by atoms with Gasteiger partial charge in [0.2, 0.25) is 0 Å². The van der Waals surface area contributed by atoms with Crippen LogP contribution in [0.15, 0.2) is 12.1 Å². The highest BCUT2D eigenvalue weighted by Gasteiger charge is 2.22. The Morgan fingerprint density at radius 1 is 1.30 bits per heavy atom. The number of carbonyl (C=O) groups excluding carboxylic acids is 1. The van der Waals surface area contributed by atoms with Gasteiger partial charge in [-0.25, -0.2) is 4.39 Å². The largest absolute Gasteiger partial charge is 0.398 e. The lowest BCUT2D eigenvalue weighted by atomic mass is 9.96. The topological polar surface area (TPSA) is 55.1 Å². The lowest BCUT2D eigenvalue weighted by Crippen LogP contribution is -2.38. The minimum Gasteiger partial charge on any atom is -0.398 e. The zero-order chi connectivity index (χ0) is 14.7. The quantitative estimate of drug-likeness (QED) is 0.643. The molecule has 2 rings (SSSR count). The zero-order valence-electron chi connectivity index (χ0n) is 12.2. The Morgan fingerprint density at radius 2 is 2.00 bits per heavy atom. The van der Waals surface area contributed by atoms with Gasteiger partial charge in [0.1, 0.15) is 5.82 Å². The summed E-state index contributed by atoms with van der Waals surface area (Å²) >= 11 is 0. The molecular formula is C16H23FN2O. The molecule has 3 nitrogen and oxygen atoms in total. The summed E-state index contributed by atoms with van der Waals surface area (Å²) in [6.07, 6.45) is 5.72. The first-order valence-electron chi connectivity index (χ1n) is 7.35. The Labute approximate surface area is 119 Å². The van der Waals surface area contributed by atoms with E-state index in [4.69, 9.17) is 5.73 Å². The van der Waals surface area contributed by atoms with Crippen LogP contribution in [0.2, 0.25) is 0 Å². The lowest BCUT2D eigenvalue weighted by molar-refractivity contribution is 0.0921. The van der Waals surface area contributed by atoms with E-state index in [1.165, 1.54) is 18.9 Å². The number of hydrogen-bond acceptors (Lipinski definition) is 2. The molecule has 1 aliphatic rings. The molecule has 0 radical (unpaired) electrons. The van der Waals surface area contributed by atoms with E-state index in [-0.39, 0.29) is 11.9 Å². The summed E-state index contributed by atoms with van der Waals surface area (Å²) in [5.74, 6) is -0.187. The third-order valence-electron chi connectivity index (χ3n) is 4.32. The fourth-order valence-corrected chi connectivity index (χ4v) is 2.79. The predicted molar refractivity (Wildman–Crippen MR) is 79.1 cm³/mol. The van der Waals surface area contributed by atoms with Gasteiger partial charge in [0.15, 0.2) is 0 Å². The minimum atomic E-state index is -0.427. The molecule has 20 heavy (non-hydrogen) atoms. The third-order valence-corrected chi connectivity index (χ3v) is 4.32. The first kappa shape index (κ1) is 14.8. The van der Waals surface area contributed by atoms with Gasteiger partial charge in [0.05, 0.1) is 0 Å². The summed E-state index contributed by atoms with van der Waals surface area (Å²) in [5.41, 5.74) is 6.75. The average molecular weight is 278 g/mol. The summed E-state index contributed by atoms with van der Waals surface area (Å²) < 4.78 is 13.7. The molecule has 0 saturated heterocycles. The summed E-state index contributed by atoms with van der Waals surface area (Å²) in [7, 11) is 0. The van der Waals surface area contributed by atoms with Crippen LogP contribution in [0.25, 0.3) is 0 Å². The average Bonchev–Trinajstić information content (AvgIpc) is 2.61. The maximum atomic E-state index is 13.7. The standard InChI is InChI=1S/C16H23FN2O/c1-10-6-4-3-5-7-15(10)19-16(20)12-8-13(17)11(2)14(18)9-12/h8-10,15H,3-7,18H2,1-2H3,(H,19,20). The Balaban J connectivity index is 2.11. The Hall–Kier alpha value is -1.58. The normalized spacial score (nSPS) is 23.1. The molecule has 1 aromatic rings. The van der Waals surface area contributed by atoms with Crippen molar-refractivity contribution in [3.8, 4) is 0 Å². The maximum Gasteiger partial charge on any atom is 0.251 e. The van der Waals surface area contributed by atoms with Crippen molar-refractivity contribution in [1.29, 1.82) is 0 Å². The number of rotatable bonds is 2. The highest BCUT2D eigenvalue weighted by molar-refractivity contribution is 5.95. The molecule has 110 valence electrons. The third kappa shape index (κ3) is 3.30. The number of anilines is 1. The number of amides is 1. The van der Waals surface area contributed by atoms with Crippen LogP contribution in [0.4, 0.5) is 10.1 Å². The van der Waals surface area contributed by atoms with Crippen molar-refractivity contribution in [3.63, 3.8) is 0 Å². The predicted octanol–water partition coefficient (Wildman–Crippen LogP) is 3.41. The van der Waals surface area contributed by atoms with Crippen molar-refractivity contribution in [1.82, 2.24) is 5.32 Å². The Kier molecular flexibility index (Phi) is 4.63. The second kappa shape index (κ2) is 6.25. The van der Waals surface area contributed by atoms with Crippen LogP contribution in [-0.2, 0) is 0 Å². The van der Waals surface area contributed by atoms with Crippen molar-refractivity contribution in [2.24, 2.45) is 5.92 Å². The first-order valence-corrected chi connectivity index (χ1v) is 7.35. The molecular weight excluding hydrogens is 255 g/mol. The maximum absolute atomic E-state index is 13.7. The van der Waals surface area contributed by atoms with Crippen LogP contribution >= 0.6 is 0 Å². The molecule has 0 heterocycles. The van der Waals surface area contributed by atoms with E-state index in [9.17, 15) is 9.18 Å². The lowest BCUT2D eigenvalue weighted by Gasteiger charge is -2.23. The Morgan fingerprint density at radius 3 is 2.70 bits per heavy atom. The number of nitrogen functional groups attached to an aromatic ring is 1. The summed E-state index contributed by atoms with van der Waals surface area (Å²) in [6.45, 7) is 3.78. The van der Waals surface area contributed by atoms with Crippen molar-refractivity contribution in [2.75, 3.05) is 5.73 Å². The van der Waals surface area contributed by atoms with Crippen molar-refractivity contribution >= 4 is 11.6 Å². The minimum absolute atomic E-state index is 0.176. The molecule has 1 amide bonds. The molecule has 1 fully saturated rings. The zero-order valence-corrected chi connectivity index (χ0v) is 12.2. The van der Waals surface area contributed by atoms with Gasteiger partial charge in [-0.15, -0.1) is 0 Å². The van der Waals surface area contributed by atoms with Gasteiger partial charge in [-0.2, -0.15) is 0 Å². The van der Waals surface area contributed by atoms with Gasteiger partial charge in [-0.05, 0) is 37.8 Å². The van der Waals surface area contributed by atoms with E-state index in [2.05, 4.69) is 12.2 Å². The number of halogens is 1. The van der Waals surface area contributed by atoms with Crippen LogP contribution in [0.1, 0.15) is 54.9 Å². The van der Waals surface area contributed by atoms with Gasteiger partial charge in [-0.3, -0.25) is 4.79 Å². The highest BCUT2D eigenvalue weighted by Crippen LogP contribution is 2.24. The monoisotopic (exact) mass is 278 g/mol. The molecule has 0 bridgehead atoms. The van der Waals surface area contributed by atoms with Crippen LogP contribution in [0.3, 0.4) is 0 Å². The van der Waals surface area contributed by atoms with E-state index in [1.807, 2.05) is 0 Å². The van der Waals surface area contributed by atoms with Crippen LogP contribution < -0.4 is 11.1 Å². The number of hydrogen-bond donors (Lipinski definition) is 2. The number of benzene rings is 1. The van der Waals surface area contributed by atoms with E-state index in [1.54, 1.807) is 13.0 Å². The fraction of sp³-hybridized carbons (Fsp3) is 0.562. The van der Waals surface area contributed by atoms with Crippen LogP contribution in [-0.4, -0.2) is 11.9 Å². The molecule has 1 saturated carbocycles. The number of carbonyl (C=O) groups is 1. The van der Waals surface area contributed by atoms with Gasteiger partial charge >= 0.3 is 0 Å². The van der Waals surface area contributed by atoms with Gasteiger partial charge in [0.25, 0.3) is 5.91 Å². The molecule has 1 aliphatic carbocycles. The van der Waals surface area contributed by atoms with Crippen LogP contribution in [0.5, 0.6) is 0 Å². The molecule has 2 unspecified atom stereocenters. The van der Waals surface area contributed by atoms with Gasteiger partial charge in [-0.1, -0.05) is 26.2 Å². The second-order valence-electron chi connectivity index (χ2n) is 5.87. The van der Waals surface area contributed by atoms with E-state index in [0.717, 1.165) is 19.3 Å². The molecule has 0 aliphatic heterocycles. The highest BCUT2D eigenvalue weighted by atomic mass is 19.1. The van der Waals surface area contributed by atoms with E-state index < -0.39 is 5.82 Å². The van der Waals surface area contributed by atoms with Crippen molar-refractivity contribution in [2.45, 2.75) is 52.0 Å². The molecule has 2 atom stereocenters. The molecule has 0 aromatic heterocycles. The van der Waals surface area contributed by atoms with Crippen molar-refractivity contribution in [3.05, 3.63) is 29.1 Å². The van der Waals surface area contributed by atoms with Gasteiger partial charge < -0.3 is 11.1 Å². The SMILES string of the molecule is Cc1c(N)cc(C(=O)NC2CCCCCC2C)cc1F. The molecule has 0 spiro atoms. The smallest absolute Gasteiger partial charge is 0.251 e. The summed E-state index contributed by atoms with van der Waals surface area (Å²) in [6, 6.07) is 2.99. The van der Waals surface area contributed by atoms with E-state index >= 15 is 0 Å². The fourth-order valence-electron chi connectivity index (χ4n) is 2.79. The summed E-state index contributed by atoms with van der Waals surface area (Å²) in [5, 5.41) is 3.04. The molecule has 3 N–H and O–H groups in total. The molecule has 4 heteroatoms. The summed E-state index contributed by atoms with van der Waals surface area (Å²) in [4.78, 5) is 12.3. The Bertz CT molecular complexity index is 478. The number of nitrogens with two attached hydrogens (primary N) is 1. The van der Waals surface area contributed by atoms with Gasteiger partial charge in [0, 0.05) is 22.9 Å². The number of nitrogens with one attached hydrogen (secondary N) is 1. The van der Waals surface area contributed by atoms with Crippen LogP contribution in [0, 0.1) is 18.7 Å². The first-order chi connectivity index (χ1) is 9.49. The second-order valence-corrected chi connectivity index (χ2v) is 5.87. The molecule has 1 aromatic carbocycles. The van der Waals surface area contributed by atoms with Crippen molar-refractivity contribution < 1.29 is 9.18 Å². The van der Waals surface area contributed by atoms with E-state index in [0.29, 0.717) is 22.7 Å².